The molecule has 5 heteroatoms. The summed E-state index contributed by atoms with van der Waals surface area (Å²) in [7, 11) is 0. The van der Waals surface area contributed by atoms with Crippen LogP contribution in [-0.4, -0.2) is 41.3 Å². The van der Waals surface area contributed by atoms with E-state index in [2.05, 4.69) is 21.2 Å². The van der Waals surface area contributed by atoms with E-state index in [1.54, 1.807) is 0 Å². The van der Waals surface area contributed by atoms with Crippen molar-refractivity contribution in [1.29, 1.82) is 5.26 Å². The third-order valence-electron chi connectivity index (χ3n) is 4.27. The van der Waals surface area contributed by atoms with Gasteiger partial charge < -0.3 is 9.64 Å². The van der Waals surface area contributed by atoms with Gasteiger partial charge in [0.25, 0.3) is 0 Å². The van der Waals surface area contributed by atoms with Gasteiger partial charge in [0.2, 0.25) is 0 Å². The molecule has 0 atom stereocenters. The summed E-state index contributed by atoms with van der Waals surface area (Å²) in [4.78, 5) is 2.47. The fraction of sp³-hybridized carbons (Fsp3) is 0.421. The van der Waals surface area contributed by atoms with Crippen LogP contribution in [0.3, 0.4) is 0 Å². The van der Waals surface area contributed by atoms with E-state index >= 15 is 0 Å². The van der Waals surface area contributed by atoms with Gasteiger partial charge in [-0.2, -0.15) is 15.5 Å². The Morgan fingerprint density at radius 3 is 2.71 bits per heavy atom. The number of hydrogen-bond donors (Lipinski definition) is 0. The van der Waals surface area contributed by atoms with Crippen LogP contribution in [0.2, 0.25) is 0 Å². The lowest BCUT2D eigenvalue weighted by Gasteiger charge is -2.15. The second-order valence-corrected chi connectivity index (χ2v) is 6.13. The van der Waals surface area contributed by atoms with E-state index in [-0.39, 0.29) is 0 Å². The van der Waals surface area contributed by atoms with Gasteiger partial charge in [-0.25, -0.2) is 0 Å². The van der Waals surface area contributed by atoms with Crippen molar-refractivity contribution in [3.63, 3.8) is 0 Å². The SMILES string of the molecule is Cc1ccc(-c2ccc(OCCCN3CCCC3)c(C#N)c2)nn1. The molecule has 0 saturated carbocycles. The molecule has 0 aliphatic carbocycles. The molecule has 0 amide bonds. The van der Waals surface area contributed by atoms with E-state index in [0.29, 0.717) is 17.9 Å². The van der Waals surface area contributed by atoms with Crippen molar-refractivity contribution in [3.8, 4) is 23.1 Å². The molecule has 24 heavy (non-hydrogen) atoms. The molecule has 1 fully saturated rings. The maximum Gasteiger partial charge on any atom is 0.137 e. The predicted octanol–water partition coefficient (Wildman–Crippen LogP) is 3.19. The lowest BCUT2D eigenvalue weighted by atomic mass is 10.1. The van der Waals surface area contributed by atoms with Gasteiger partial charge in [0.05, 0.1) is 23.6 Å². The van der Waals surface area contributed by atoms with Gasteiger partial charge in [0.1, 0.15) is 11.8 Å². The molecule has 124 valence electrons. The number of benzene rings is 1. The largest absolute Gasteiger partial charge is 0.492 e. The van der Waals surface area contributed by atoms with Gasteiger partial charge in [-0.3, -0.25) is 0 Å². The van der Waals surface area contributed by atoms with Crippen LogP contribution in [0.5, 0.6) is 5.75 Å². The molecule has 1 aliphatic rings. The number of nitrogens with zero attached hydrogens (tertiary/aromatic N) is 4. The number of likely N-dealkylation sites (tertiary alicyclic amines) is 1. The molecule has 1 aromatic carbocycles. The summed E-state index contributed by atoms with van der Waals surface area (Å²) < 4.78 is 5.81. The molecule has 0 radical (unpaired) electrons. The van der Waals surface area contributed by atoms with E-state index in [4.69, 9.17) is 4.74 Å². The second-order valence-electron chi connectivity index (χ2n) is 6.13. The summed E-state index contributed by atoms with van der Waals surface area (Å²) in [6, 6.07) is 11.6. The molecule has 0 spiro atoms. The lowest BCUT2D eigenvalue weighted by Crippen LogP contribution is -2.21. The minimum absolute atomic E-state index is 0.538. The molecule has 0 unspecified atom stereocenters. The summed E-state index contributed by atoms with van der Waals surface area (Å²) in [6.07, 6.45) is 3.60. The van der Waals surface area contributed by atoms with Gasteiger partial charge >= 0.3 is 0 Å². The van der Waals surface area contributed by atoms with Crippen LogP contribution in [0.4, 0.5) is 0 Å². The second kappa shape index (κ2) is 7.89. The first kappa shape index (κ1) is 16.4. The first-order valence-corrected chi connectivity index (χ1v) is 8.46. The van der Waals surface area contributed by atoms with Crippen LogP contribution in [-0.2, 0) is 0 Å². The highest BCUT2D eigenvalue weighted by molar-refractivity contribution is 5.63. The Bertz CT molecular complexity index is 715. The lowest BCUT2D eigenvalue weighted by molar-refractivity contribution is 0.263. The molecule has 2 aromatic rings. The van der Waals surface area contributed by atoms with Crippen LogP contribution >= 0.6 is 0 Å². The normalized spacial score (nSPS) is 14.5. The van der Waals surface area contributed by atoms with Crippen LogP contribution < -0.4 is 4.74 Å². The summed E-state index contributed by atoms with van der Waals surface area (Å²) in [5.74, 6) is 0.641. The third-order valence-corrected chi connectivity index (χ3v) is 4.27. The zero-order chi connectivity index (χ0) is 16.8. The van der Waals surface area contributed by atoms with Crippen molar-refractivity contribution in [2.75, 3.05) is 26.2 Å². The fourth-order valence-corrected chi connectivity index (χ4v) is 2.93. The Hall–Kier alpha value is -2.45. The minimum Gasteiger partial charge on any atom is -0.492 e. The smallest absolute Gasteiger partial charge is 0.137 e. The maximum absolute atomic E-state index is 9.39. The Labute approximate surface area is 142 Å². The zero-order valence-corrected chi connectivity index (χ0v) is 14.0. The Morgan fingerprint density at radius 1 is 1.17 bits per heavy atom. The molecule has 2 heterocycles. The highest BCUT2D eigenvalue weighted by Crippen LogP contribution is 2.25. The maximum atomic E-state index is 9.39. The number of ether oxygens (including phenoxy) is 1. The summed E-state index contributed by atoms with van der Waals surface area (Å²) >= 11 is 0. The topological polar surface area (TPSA) is 62.0 Å². The van der Waals surface area contributed by atoms with E-state index in [9.17, 15) is 5.26 Å². The summed E-state index contributed by atoms with van der Waals surface area (Å²) in [5.41, 5.74) is 3.05. The molecule has 3 rings (SSSR count). The van der Waals surface area contributed by atoms with Crippen molar-refractivity contribution in [2.45, 2.75) is 26.2 Å². The van der Waals surface area contributed by atoms with Crippen LogP contribution in [0.25, 0.3) is 11.3 Å². The van der Waals surface area contributed by atoms with Crippen LogP contribution in [0, 0.1) is 18.3 Å². The van der Waals surface area contributed by atoms with Gasteiger partial charge in [-0.1, -0.05) is 0 Å². The molecule has 0 bridgehead atoms. The van der Waals surface area contributed by atoms with Gasteiger partial charge in [0.15, 0.2) is 0 Å². The number of nitriles is 1. The molecular weight excluding hydrogens is 300 g/mol. The summed E-state index contributed by atoms with van der Waals surface area (Å²) in [5, 5.41) is 17.6. The average molecular weight is 322 g/mol. The monoisotopic (exact) mass is 322 g/mol. The molecule has 1 aliphatic heterocycles. The fourth-order valence-electron chi connectivity index (χ4n) is 2.93. The Morgan fingerprint density at radius 2 is 2.00 bits per heavy atom. The van der Waals surface area contributed by atoms with Crippen molar-refractivity contribution in [1.82, 2.24) is 15.1 Å². The van der Waals surface area contributed by atoms with Gasteiger partial charge in [-0.15, -0.1) is 0 Å². The first-order valence-electron chi connectivity index (χ1n) is 8.46. The Kier molecular flexibility index (Phi) is 5.39. The van der Waals surface area contributed by atoms with E-state index in [1.807, 2.05) is 37.3 Å². The first-order chi connectivity index (χ1) is 11.8. The van der Waals surface area contributed by atoms with E-state index < -0.39 is 0 Å². The Balaban J connectivity index is 1.61. The van der Waals surface area contributed by atoms with Gasteiger partial charge in [0, 0.05) is 12.1 Å². The third kappa shape index (κ3) is 4.09. The van der Waals surface area contributed by atoms with Crippen molar-refractivity contribution in [3.05, 3.63) is 41.6 Å². The quantitative estimate of drug-likeness (QED) is 0.764. The molecule has 5 nitrogen and oxygen atoms in total. The number of rotatable bonds is 6. The molecular formula is C19H22N4O. The van der Waals surface area contributed by atoms with Crippen LogP contribution in [0.1, 0.15) is 30.5 Å². The minimum atomic E-state index is 0.538. The van der Waals surface area contributed by atoms with Crippen LogP contribution in [0.15, 0.2) is 30.3 Å². The van der Waals surface area contributed by atoms with E-state index in [1.165, 1.54) is 25.9 Å². The molecule has 0 N–H and O–H groups in total. The summed E-state index contributed by atoms with van der Waals surface area (Å²) in [6.45, 7) is 6.01. The predicted molar refractivity (Wildman–Crippen MR) is 92.7 cm³/mol. The number of hydrogen-bond acceptors (Lipinski definition) is 5. The number of aryl methyl sites for hydroxylation is 1. The zero-order valence-electron chi connectivity index (χ0n) is 14.0. The highest BCUT2D eigenvalue weighted by atomic mass is 16.5. The molecule has 1 aromatic heterocycles. The van der Waals surface area contributed by atoms with Gasteiger partial charge in [-0.05, 0) is 69.6 Å². The highest BCUT2D eigenvalue weighted by Gasteiger charge is 2.11. The van der Waals surface area contributed by atoms with Crippen molar-refractivity contribution >= 4 is 0 Å². The van der Waals surface area contributed by atoms with Crippen molar-refractivity contribution < 1.29 is 4.74 Å². The molecule has 1 saturated heterocycles. The number of aromatic nitrogens is 2. The standard InChI is InChI=1S/C19H22N4O/c1-15-5-7-18(22-21-15)16-6-8-19(17(13-16)14-20)24-12-4-11-23-9-2-3-10-23/h5-8,13H,2-4,9-12H2,1H3. The van der Waals surface area contributed by atoms with E-state index in [0.717, 1.165) is 29.9 Å². The van der Waals surface area contributed by atoms with Crippen molar-refractivity contribution in [2.24, 2.45) is 0 Å². The average Bonchev–Trinajstić information content (AvgIpc) is 3.13.